The number of ether oxygens (including phenoxy) is 1. The van der Waals surface area contributed by atoms with E-state index < -0.39 is 0 Å². The summed E-state index contributed by atoms with van der Waals surface area (Å²) in [4.78, 5) is 34.2. The Bertz CT molecular complexity index is 1110. The Kier molecular flexibility index (Phi) is 6.33. The molecular formula is C20H22ClN5O3S. The number of benzene rings is 1. The lowest BCUT2D eigenvalue weighted by molar-refractivity contribution is -0.117. The molecule has 8 nitrogen and oxygen atoms in total. The molecule has 0 spiro atoms. The minimum absolute atomic E-state index is 0.0528. The summed E-state index contributed by atoms with van der Waals surface area (Å²) in [7, 11) is 1.55. The van der Waals surface area contributed by atoms with Crippen molar-refractivity contribution in [2.75, 3.05) is 45.2 Å². The van der Waals surface area contributed by atoms with E-state index in [0.717, 1.165) is 31.9 Å². The molecule has 1 saturated heterocycles. The number of halogens is 1. The summed E-state index contributed by atoms with van der Waals surface area (Å²) in [6.07, 6.45) is 1.74. The van der Waals surface area contributed by atoms with Gasteiger partial charge in [0.15, 0.2) is 4.96 Å². The van der Waals surface area contributed by atoms with Crippen LogP contribution in [0.15, 0.2) is 40.6 Å². The van der Waals surface area contributed by atoms with Crippen molar-refractivity contribution < 1.29 is 9.53 Å². The van der Waals surface area contributed by atoms with Crippen LogP contribution in [0.5, 0.6) is 5.75 Å². The van der Waals surface area contributed by atoms with Crippen LogP contribution >= 0.6 is 22.9 Å². The molecule has 0 aliphatic carbocycles. The van der Waals surface area contributed by atoms with Crippen molar-refractivity contribution in [3.8, 4) is 5.75 Å². The normalized spacial score (nSPS) is 15.4. The highest BCUT2D eigenvalue weighted by atomic mass is 35.5. The summed E-state index contributed by atoms with van der Waals surface area (Å²) in [6.45, 7) is 4.06. The maximum absolute atomic E-state index is 12.5. The van der Waals surface area contributed by atoms with E-state index in [9.17, 15) is 9.59 Å². The van der Waals surface area contributed by atoms with Gasteiger partial charge in [0, 0.05) is 55.4 Å². The van der Waals surface area contributed by atoms with Crippen molar-refractivity contribution in [1.82, 2.24) is 19.2 Å². The number of piperazine rings is 1. The molecule has 1 aliphatic rings. The number of carbonyl (C=O) groups is 1. The fraction of sp³-hybridized carbons (Fsp3) is 0.350. The predicted molar refractivity (Wildman–Crippen MR) is 118 cm³/mol. The average molecular weight is 448 g/mol. The molecule has 0 bridgehead atoms. The second-order valence-electron chi connectivity index (χ2n) is 7.09. The summed E-state index contributed by atoms with van der Waals surface area (Å²) >= 11 is 7.47. The molecule has 0 saturated carbocycles. The number of nitrogens with one attached hydrogen (secondary N) is 1. The maximum atomic E-state index is 12.5. The number of carbonyl (C=O) groups excluding carboxylic acids is 1. The highest BCUT2D eigenvalue weighted by Gasteiger charge is 2.20. The van der Waals surface area contributed by atoms with E-state index in [1.165, 1.54) is 11.3 Å². The topological polar surface area (TPSA) is 79.2 Å². The fourth-order valence-electron chi connectivity index (χ4n) is 3.47. The Balaban J connectivity index is 1.29. The van der Waals surface area contributed by atoms with Gasteiger partial charge in [0.05, 0.1) is 25.0 Å². The Hall–Kier alpha value is -2.46. The van der Waals surface area contributed by atoms with Gasteiger partial charge in [-0.1, -0.05) is 11.6 Å². The molecular weight excluding hydrogens is 426 g/mol. The van der Waals surface area contributed by atoms with Crippen LogP contribution in [0.25, 0.3) is 4.96 Å². The van der Waals surface area contributed by atoms with Crippen LogP contribution in [0, 0.1) is 0 Å². The SMILES string of the molecule is COc1ccc(Cl)cc1NC(=O)CN1CCN(Cc2cc(=O)n3ccsc3n2)CC1. The van der Waals surface area contributed by atoms with Crippen LogP contribution in [0.4, 0.5) is 5.69 Å². The van der Waals surface area contributed by atoms with E-state index in [1.807, 2.05) is 5.38 Å². The molecule has 0 radical (unpaired) electrons. The summed E-state index contributed by atoms with van der Waals surface area (Å²) in [5, 5.41) is 5.27. The van der Waals surface area contributed by atoms with E-state index in [-0.39, 0.29) is 11.5 Å². The molecule has 1 aromatic carbocycles. The van der Waals surface area contributed by atoms with Gasteiger partial charge in [-0.05, 0) is 18.2 Å². The zero-order chi connectivity index (χ0) is 21.1. The average Bonchev–Trinajstić information content (AvgIpc) is 3.19. The number of rotatable bonds is 6. The van der Waals surface area contributed by atoms with Gasteiger partial charge in [-0.3, -0.25) is 23.8 Å². The van der Waals surface area contributed by atoms with E-state index in [1.54, 1.807) is 42.0 Å². The third-order valence-corrected chi connectivity index (χ3v) is 6.00. The summed E-state index contributed by atoms with van der Waals surface area (Å²) in [5.74, 6) is 0.463. The minimum atomic E-state index is -0.109. The number of fused-ring (bicyclic) bond motifs is 1. The number of amides is 1. The molecule has 0 atom stereocenters. The second kappa shape index (κ2) is 9.13. The van der Waals surface area contributed by atoms with Crippen molar-refractivity contribution in [3.05, 3.63) is 56.9 Å². The first-order valence-corrected chi connectivity index (χ1v) is 10.8. The number of hydrogen-bond donors (Lipinski definition) is 1. The van der Waals surface area contributed by atoms with Crippen molar-refractivity contribution in [2.45, 2.75) is 6.54 Å². The number of anilines is 1. The Labute approximate surface area is 182 Å². The van der Waals surface area contributed by atoms with Gasteiger partial charge in [0.25, 0.3) is 5.56 Å². The van der Waals surface area contributed by atoms with E-state index in [0.29, 0.717) is 34.5 Å². The Morgan fingerprint density at radius 2 is 2.00 bits per heavy atom. The Morgan fingerprint density at radius 1 is 1.23 bits per heavy atom. The van der Waals surface area contributed by atoms with Gasteiger partial charge in [-0.2, -0.15) is 0 Å². The maximum Gasteiger partial charge on any atom is 0.258 e. The van der Waals surface area contributed by atoms with Crippen LogP contribution in [0.3, 0.4) is 0 Å². The smallest absolute Gasteiger partial charge is 0.258 e. The molecule has 1 fully saturated rings. The molecule has 0 unspecified atom stereocenters. The zero-order valence-corrected chi connectivity index (χ0v) is 18.1. The first kappa shape index (κ1) is 20.8. The molecule has 2 aromatic heterocycles. The zero-order valence-electron chi connectivity index (χ0n) is 16.5. The number of aromatic nitrogens is 2. The van der Waals surface area contributed by atoms with E-state index in [4.69, 9.17) is 16.3 Å². The third kappa shape index (κ3) is 4.81. The first-order valence-electron chi connectivity index (χ1n) is 9.56. The predicted octanol–water partition coefficient (Wildman–Crippen LogP) is 2.17. The fourth-order valence-corrected chi connectivity index (χ4v) is 4.38. The molecule has 10 heteroatoms. The molecule has 3 heterocycles. The monoisotopic (exact) mass is 447 g/mol. The van der Waals surface area contributed by atoms with Gasteiger partial charge in [-0.25, -0.2) is 4.98 Å². The lowest BCUT2D eigenvalue weighted by Gasteiger charge is -2.34. The van der Waals surface area contributed by atoms with Crippen LogP contribution in [-0.4, -0.2) is 64.9 Å². The van der Waals surface area contributed by atoms with Crippen LogP contribution in [0.1, 0.15) is 5.69 Å². The van der Waals surface area contributed by atoms with Crippen LogP contribution in [0.2, 0.25) is 5.02 Å². The number of hydrogen-bond acceptors (Lipinski definition) is 7. The summed E-state index contributed by atoms with van der Waals surface area (Å²) in [5.41, 5.74) is 1.29. The summed E-state index contributed by atoms with van der Waals surface area (Å²) < 4.78 is 6.82. The first-order chi connectivity index (χ1) is 14.5. The largest absolute Gasteiger partial charge is 0.495 e. The molecule has 158 valence electrons. The summed E-state index contributed by atoms with van der Waals surface area (Å²) in [6, 6.07) is 6.72. The molecule has 4 rings (SSSR count). The van der Waals surface area contributed by atoms with Gasteiger partial charge < -0.3 is 10.1 Å². The number of thiazole rings is 1. The molecule has 1 aliphatic heterocycles. The van der Waals surface area contributed by atoms with Gasteiger partial charge in [0.2, 0.25) is 5.91 Å². The number of nitrogens with zero attached hydrogens (tertiary/aromatic N) is 4. The van der Waals surface area contributed by atoms with Crippen LogP contribution < -0.4 is 15.6 Å². The third-order valence-electron chi connectivity index (χ3n) is 5.01. The lowest BCUT2D eigenvalue weighted by atomic mass is 10.2. The van der Waals surface area contributed by atoms with Crippen LogP contribution in [-0.2, 0) is 11.3 Å². The number of methoxy groups -OCH3 is 1. The van der Waals surface area contributed by atoms with Crippen molar-refractivity contribution >= 4 is 39.5 Å². The second-order valence-corrected chi connectivity index (χ2v) is 8.40. The molecule has 1 N–H and O–H groups in total. The molecule has 1 amide bonds. The van der Waals surface area contributed by atoms with Gasteiger partial charge in [-0.15, -0.1) is 11.3 Å². The standard InChI is InChI=1S/C20H22ClN5O3S/c1-29-17-3-2-14(21)10-16(17)23-18(27)13-25-6-4-24(5-7-25)12-15-11-19(28)26-8-9-30-20(26)22-15/h2-3,8-11H,4-7,12-13H2,1H3,(H,23,27). The van der Waals surface area contributed by atoms with Crippen molar-refractivity contribution in [2.24, 2.45) is 0 Å². The highest BCUT2D eigenvalue weighted by Crippen LogP contribution is 2.27. The molecule has 3 aromatic rings. The molecule has 30 heavy (non-hydrogen) atoms. The van der Waals surface area contributed by atoms with E-state index in [2.05, 4.69) is 20.1 Å². The highest BCUT2D eigenvalue weighted by molar-refractivity contribution is 7.15. The van der Waals surface area contributed by atoms with Gasteiger partial charge >= 0.3 is 0 Å². The minimum Gasteiger partial charge on any atom is -0.495 e. The quantitative estimate of drug-likeness (QED) is 0.624. The van der Waals surface area contributed by atoms with E-state index >= 15 is 0 Å². The van der Waals surface area contributed by atoms with Gasteiger partial charge in [0.1, 0.15) is 5.75 Å². The van der Waals surface area contributed by atoms with Crippen molar-refractivity contribution in [3.63, 3.8) is 0 Å². The lowest BCUT2D eigenvalue weighted by Crippen LogP contribution is -2.48. The Morgan fingerprint density at radius 3 is 2.77 bits per heavy atom. The van der Waals surface area contributed by atoms with Crippen molar-refractivity contribution in [1.29, 1.82) is 0 Å².